The standard InChI is InChI=1S/C13H10N4O3/c18-13(16(14-19)11-7-3-1-4-8-11)17(15-20)12-9-5-2-6-10-12/h1-10H. The van der Waals surface area contributed by atoms with E-state index >= 15 is 0 Å². The van der Waals surface area contributed by atoms with Crippen LogP contribution in [0.2, 0.25) is 0 Å². The molecule has 0 unspecified atom stereocenters. The molecule has 0 radical (unpaired) electrons. The average molecular weight is 270 g/mol. The number of nitroso groups, excluding NO2 is 2. The summed E-state index contributed by atoms with van der Waals surface area (Å²) in [6.45, 7) is 0. The highest BCUT2D eigenvalue weighted by atomic mass is 16.3. The number of rotatable bonds is 4. The zero-order valence-corrected chi connectivity index (χ0v) is 10.3. The summed E-state index contributed by atoms with van der Waals surface area (Å²) in [7, 11) is 0. The second kappa shape index (κ2) is 6.19. The van der Waals surface area contributed by atoms with Crippen molar-refractivity contribution in [2.24, 2.45) is 10.6 Å². The van der Waals surface area contributed by atoms with Crippen molar-refractivity contribution in [3.8, 4) is 0 Å². The topological polar surface area (TPSA) is 82.4 Å². The third-order valence-electron chi connectivity index (χ3n) is 2.53. The third-order valence-corrected chi connectivity index (χ3v) is 2.53. The van der Waals surface area contributed by atoms with Gasteiger partial charge in [-0.3, -0.25) is 0 Å². The molecule has 100 valence electrons. The summed E-state index contributed by atoms with van der Waals surface area (Å²) < 4.78 is 0. The van der Waals surface area contributed by atoms with Gasteiger partial charge < -0.3 is 0 Å². The first-order chi connectivity index (χ1) is 9.77. The van der Waals surface area contributed by atoms with Gasteiger partial charge in [-0.05, 0) is 24.3 Å². The number of para-hydroxylation sites is 2. The highest BCUT2D eigenvalue weighted by Crippen LogP contribution is 2.20. The van der Waals surface area contributed by atoms with E-state index in [0.717, 1.165) is 0 Å². The molecule has 0 N–H and O–H groups in total. The smallest absolute Gasteiger partial charge is 0.243 e. The first kappa shape index (κ1) is 13.3. The van der Waals surface area contributed by atoms with Crippen molar-refractivity contribution in [3.05, 3.63) is 70.5 Å². The Hall–Kier alpha value is -3.09. The average Bonchev–Trinajstić information content (AvgIpc) is 2.51. The van der Waals surface area contributed by atoms with Crippen molar-refractivity contribution in [3.63, 3.8) is 0 Å². The van der Waals surface area contributed by atoms with Gasteiger partial charge in [0.15, 0.2) is 0 Å². The summed E-state index contributed by atoms with van der Waals surface area (Å²) in [4.78, 5) is 33.9. The molecule has 0 saturated carbocycles. The molecule has 0 heterocycles. The van der Waals surface area contributed by atoms with Gasteiger partial charge in [0.2, 0.25) is 0 Å². The predicted molar refractivity (Wildman–Crippen MR) is 74.8 cm³/mol. The monoisotopic (exact) mass is 270 g/mol. The normalized spacial score (nSPS) is 9.60. The Kier molecular flexibility index (Phi) is 4.13. The summed E-state index contributed by atoms with van der Waals surface area (Å²) in [5.74, 6) is 0. The third kappa shape index (κ3) is 2.66. The molecule has 0 saturated heterocycles. The van der Waals surface area contributed by atoms with Gasteiger partial charge in [-0.1, -0.05) is 36.4 Å². The minimum absolute atomic E-state index is 0.247. The van der Waals surface area contributed by atoms with Crippen LogP contribution in [0, 0.1) is 9.81 Å². The van der Waals surface area contributed by atoms with E-state index in [1.54, 1.807) is 36.4 Å². The summed E-state index contributed by atoms with van der Waals surface area (Å²) in [5.41, 5.74) is 0.495. The largest absolute Gasteiger partial charge is 0.375 e. The summed E-state index contributed by atoms with van der Waals surface area (Å²) >= 11 is 0. The van der Waals surface area contributed by atoms with E-state index in [4.69, 9.17) is 0 Å². The Balaban J connectivity index is 2.32. The van der Waals surface area contributed by atoms with Crippen molar-refractivity contribution < 1.29 is 4.79 Å². The molecule has 7 nitrogen and oxygen atoms in total. The molecule has 0 spiro atoms. The minimum atomic E-state index is -0.951. The zero-order chi connectivity index (χ0) is 14.4. The summed E-state index contributed by atoms with van der Waals surface area (Å²) in [6.07, 6.45) is 0. The van der Waals surface area contributed by atoms with E-state index in [9.17, 15) is 14.6 Å². The molecule has 0 aromatic heterocycles. The molecule has 0 fully saturated rings. The molecule has 0 atom stereocenters. The SMILES string of the molecule is O=NN(C(=O)N(N=O)c1ccccc1)c1ccccc1. The van der Waals surface area contributed by atoms with Gasteiger partial charge >= 0.3 is 6.03 Å². The van der Waals surface area contributed by atoms with Crippen LogP contribution in [0.3, 0.4) is 0 Å². The summed E-state index contributed by atoms with van der Waals surface area (Å²) in [6, 6.07) is 15.1. The van der Waals surface area contributed by atoms with Crippen LogP contribution in [0.15, 0.2) is 71.2 Å². The maximum Gasteiger partial charge on any atom is 0.375 e. The van der Waals surface area contributed by atoms with Gasteiger partial charge in [0.1, 0.15) is 0 Å². The van der Waals surface area contributed by atoms with Crippen LogP contribution < -0.4 is 10.0 Å². The fourth-order valence-corrected chi connectivity index (χ4v) is 1.61. The Morgan fingerprint density at radius 3 is 1.35 bits per heavy atom. The lowest BCUT2D eigenvalue weighted by Crippen LogP contribution is -2.37. The zero-order valence-electron chi connectivity index (χ0n) is 10.3. The first-order valence-corrected chi connectivity index (χ1v) is 5.69. The van der Waals surface area contributed by atoms with Crippen LogP contribution in [0.25, 0.3) is 0 Å². The number of nitrogens with zero attached hydrogens (tertiary/aromatic N) is 4. The molecule has 0 aliphatic carbocycles. The lowest BCUT2D eigenvalue weighted by atomic mass is 10.3. The van der Waals surface area contributed by atoms with Crippen molar-refractivity contribution in [1.29, 1.82) is 0 Å². The number of carbonyl (C=O) groups excluding carboxylic acids is 1. The Morgan fingerprint density at radius 1 is 0.700 bits per heavy atom. The van der Waals surface area contributed by atoms with Crippen LogP contribution in [-0.4, -0.2) is 6.03 Å². The quantitative estimate of drug-likeness (QED) is 0.629. The van der Waals surface area contributed by atoms with Crippen molar-refractivity contribution in [2.45, 2.75) is 0 Å². The number of urea groups is 1. The molecular weight excluding hydrogens is 260 g/mol. The Bertz CT molecular complexity index is 550. The molecule has 2 aromatic rings. The van der Waals surface area contributed by atoms with Crippen molar-refractivity contribution in [1.82, 2.24) is 0 Å². The van der Waals surface area contributed by atoms with Gasteiger partial charge in [0.25, 0.3) is 0 Å². The van der Waals surface area contributed by atoms with Gasteiger partial charge in [0, 0.05) is 0 Å². The highest BCUT2D eigenvalue weighted by molar-refractivity contribution is 6.02. The molecule has 2 aromatic carbocycles. The molecule has 2 rings (SSSR count). The first-order valence-electron chi connectivity index (χ1n) is 5.69. The molecule has 0 aliphatic heterocycles. The van der Waals surface area contributed by atoms with E-state index in [1.165, 1.54) is 24.3 Å². The molecule has 20 heavy (non-hydrogen) atoms. The van der Waals surface area contributed by atoms with Gasteiger partial charge in [-0.15, -0.1) is 19.8 Å². The second-order valence-corrected chi connectivity index (χ2v) is 3.74. The maximum absolute atomic E-state index is 12.2. The Morgan fingerprint density at radius 2 is 1.05 bits per heavy atom. The number of anilines is 2. The van der Waals surface area contributed by atoms with E-state index < -0.39 is 6.03 Å². The lowest BCUT2D eigenvalue weighted by molar-refractivity contribution is 0.251. The van der Waals surface area contributed by atoms with E-state index in [1.807, 2.05) is 0 Å². The fraction of sp³-hybridized carbons (Fsp3) is 0. The van der Waals surface area contributed by atoms with Crippen LogP contribution in [-0.2, 0) is 0 Å². The maximum atomic E-state index is 12.2. The highest BCUT2D eigenvalue weighted by Gasteiger charge is 2.25. The fourth-order valence-electron chi connectivity index (χ4n) is 1.61. The number of hydrogen-bond acceptors (Lipinski definition) is 5. The number of amides is 2. The van der Waals surface area contributed by atoms with Gasteiger partial charge in [0.05, 0.1) is 21.9 Å². The van der Waals surface area contributed by atoms with Crippen LogP contribution in [0.1, 0.15) is 0 Å². The van der Waals surface area contributed by atoms with Crippen LogP contribution >= 0.6 is 0 Å². The van der Waals surface area contributed by atoms with Crippen LogP contribution in [0.5, 0.6) is 0 Å². The number of hydrogen-bond donors (Lipinski definition) is 0. The number of benzene rings is 2. The lowest BCUT2D eigenvalue weighted by Gasteiger charge is -2.18. The molecular formula is C13H10N4O3. The van der Waals surface area contributed by atoms with Crippen molar-refractivity contribution in [2.75, 3.05) is 10.0 Å². The van der Waals surface area contributed by atoms with Crippen molar-refractivity contribution >= 4 is 17.4 Å². The number of carbonyl (C=O) groups is 1. The molecule has 7 heteroatoms. The molecule has 0 aliphatic rings. The second-order valence-electron chi connectivity index (χ2n) is 3.74. The van der Waals surface area contributed by atoms with Gasteiger partial charge in [-0.25, -0.2) is 4.79 Å². The molecule has 2 amide bonds. The summed E-state index contributed by atoms with van der Waals surface area (Å²) in [5, 5.41) is 6.42. The minimum Gasteiger partial charge on any atom is -0.243 e. The molecule has 0 bridgehead atoms. The van der Waals surface area contributed by atoms with Gasteiger partial charge in [-0.2, -0.15) is 0 Å². The van der Waals surface area contributed by atoms with E-state index in [0.29, 0.717) is 10.0 Å². The Labute approximate surface area is 114 Å². The van der Waals surface area contributed by atoms with E-state index in [2.05, 4.69) is 10.6 Å². The van der Waals surface area contributed by atoms with Crippen LogP contribution in [0.4, 0.5) is 16.2 Å². The predicted octanol–water partition coefficient (Wildman–Crippen LogP) is 3.48. The van der Waals surface area contributed by atoms with E-state index in [-0.39, 0.29) is 11.4 Å².